The van der Waals surface area contributed by atoms with Crippen molar-refractivity contribution in [2.24, 2.45) is 15.9 Å². The SMILES string of the molecule is Cc1nnc(SCC2=NC(=O)C3C=CC=CC3=N2)s1. The number of thioether (sulfide) groups is 1. The van der Waals surface area contributed by atoms with E-state index >= 15 is 0 Å². The van der Waals surface area contributed by atoms with Gasteiger partial charge >= 0.3 is 0 Å². The van der Waals surface area contributed by atoms with Crippen molar-refractivity contribution in [3.8, 4) is 0 Å². The first-order valence-electron chi connectivity index (χ1n) is 5.70. The molecule has 1 atom stereocenters. The van der Waals surface area contributed by atoms with Crippen molar-refractivity contribution >= 4 is 40.6 Å². The Morgan fingerprint density at radius 2 is 2.21 bits per heavy atom. The monoisotopic (exact) mass is 290 g/mol. The minimum Gasteiger partial charge on any atom is -0.271 e. The highest BCUT2D eigenvalue weighted by Gasteiger charge is 2.26. The first-order valence-corrected chi connectivity index (χ1v) is 7.50. The minimum absolute atomic E-state index is 0.144. The van der Waals surface area contributed by atoms with Gasteiger partial charge in [-0.3, -0.25) is 4.79 Å². The summed E-state index contributed by atoms with van der Waals surface area (Å²) in [5, 5.41) is 8.89. The number of hydrogen-bond donors (Lipinski definition) is 0. The quantitative estimate of drug-likeness (QED) is 0.799. The predicted octanol–water partition coefficient (Wildman–Crippen LogP) is 2.06. The van der Waals surface area contributed by atoms with Crippen LogP contribution in [-0.2, 0) is 4.79 Å². The summed E-state index contributed by atoms with van der Waals surface area (Å²) in [5.74, 6) is 0.639. The maximum atomic E-state index is 11.9. The smallest absolute Gasteiger partial charge is 0.260 e. The third kappa shape index (κ3) is 2.71. The van der Waals surface area contributed by atoms with Crippen LogP contribution in [0.25, 0.3) is 0 Å². The topological polar surface area (TPSA) is 67.6 Å². The number of amides is 1. The highest BCUT2D eigenvalue weighted by Crippen LogP contribution is 2.24. The lowest BCUT2D eigenvalue weighted by Crippen LogP contribution is -2.27. The van der Waals surface area contributed by atoms with Gasteiger partial charge in [0.2, 0.25) is 0 Å². The van der Waals surface area contributed by atoms with Gasteiger partial charge in [0, 0.05) is 0 Å². The van der Waals surface area contributed by atoms with Gasteiger partial charge in [0.05, 0.1) is 11.5 Å². The van der Waals surface area contributed by atoms with E-state index in [9.17, 15) is 4.79 Å². The van der Waals surface area contributed by atoms with E-state index in [2.05, 4.69) is 20.2 Å². The Labute approximate surface area is 118 Å². The average molecular weight is 290 g/mol. The summed E-state index contributed by atoms with van der Waals surface area (Å²) in [7, 11) is 0. The van der Waals surface area contributed by atoms with Crippen molar-refractivity contribution in [2.45, 2.75) is 11.3 Å². The molecule has 0 fully saturated rings. The minimum atomic E-state index is -0.303. The summed E-state index contributed by atoms with van der Waals surface area (Å²) in [6.45, 7) is 1.91. The van der Waals surface area contributed by atoms with Crippen LogP contribution in [0.15, 0.2) is 38.6 Å². The highest BCUT2D eigenvalue weighted by molar-refractivity contribution is 8.01. The van der Waals surface area contributed by atoms with Crippen molar-refractivity contribution in [3.05, 3.63) is 29.3 Å². The second-order valence-corrected chi connectivity index (χ2v) is 6.40. The molecule has 1 aliphatic carbocycles. The summed E-state index contributed by atoms with van der Waals surface area (Å²) >= 11 is 3.03. The number of rotatable bonds is 3. The number of allylic oxidation sites excluding steroid dienone is 3. The van der Waals surface area contributed by atoms with Crippen LogP contribution in [0.5, 0.6) is 0 Å². The Balaban J connectivity index is 1.72. The van der Waals surface area contributed by atoms with Gasteiger partial charge in [0.15, 0.2) is 4.34 Å². The van der Waals surface area contributed by atoms with Gasteiger partial charge in [-0.25, -0.2) is 4.99 Å². The van der Waals surface area contributed by atoms with Gasteiger partial charge in [-0.15, -0.1) is 10.2 Å². The maximum absolute atomic E-state index is 11.9. The second kappa shape index (κ2) is 5.18. The zero-order chi connectivity index (χ0) is 13.2. The van der Waals surface area contributed by atoms with Crippen LogP contribution in [-0.4, -0.2) is 33.4 Å². The Hall–Kier alpha value is -1.60. The fourth-order valence-electron chi connectivity index (χ4n) is 1.75. The van der Waals surface area contributed by atoms with E-state index in [1.807, 2.05) is 31.2 Å². The molecular weight excluding hydrogens is 280 g/mol. The lowest BCUT2D eigenvalue weighted by Gasteiger charge is -2.17. The molecule has 7 heteroatoms. The number of aromatic nitrogens is 2. The van der Waals surface area contributed by atoms with Gasteiger partial charge < -0.3 is 0 Å². The van der Waals surface area contributed by atoms with Crippen molar-refractivity contribution in [2.75, 3.05) is 5.75 Å². The van der Waals surface area contributed by atoms with E-state index in [0.29, 0.717) is 11.6 Å². The number of carbonyl (C=O) groups excluding carboxylic acids is 1. The molecule has 96 valence electrons. The zero-order valence-corrected chi connectivity index (χ0v) is 11.7. The first-order chi connectivity index (χ1) is 9.22. The van der Waals surface area contributed by atoms with Gasteiger partial charge in [-0.2, -0.15) is 4.99 Å². The third-order valence-corrected chi connectivity index (χ3v) is 4.56. The molecule has 1 aromatic rings. The summed E-state index contributed by atoms with van der Waals surface area (Å²) < 4.78 is 0.869. The number of aliphatic imine (C=N–C) groups is 2. The second-order valence-electron chi connectivity index (χ2n) is 4.00. The van der Waals surface area contributed by atoms with E-state index in [1.54, 1.807) is 0 Å². The Morgan fingerprint density at radius 1 is 1.32 bits per heavy atom. The van der Waals surface area contributed by atoms with E-state index in [1.165, 1.54) is 23.1 Å². The molecule has 0 N–H and O–H groups in total. The fourth-order valence-corrected chi connectivity index (χ4v) is 3.42. The predicted molar refractivity (Wildman–Crippen MR) is 77.0 cm³/mol. The summed E-state index contributed by atoms with van der Waals surface area (Å²) in [5.41, 5.74) is 0.770. The normalized spacial score (nSPS) is 21.1. The van der Waals surface area contributed by atoms with Gasteiger partial charge in [-0.1, -0.05) is 41.3 Å². The number of nitrogens with zero attached hydrogens (tertiary/aromatic N) is 4. The van der Waals surface area contributed by atoms with E-state index in [4.69, 9.17) is 0 Å². The van der Waals surface area contributed by atoms with Crippen LogP contribution in [0, 0.1) is 12.8 Å². The van der Waals surface area contributed by atoms with Crippen LogP contribution in [0.4, 0.5) is 0 Å². The molecule has 1 aliphatic heterocycles. The van der Waals surface area contributed by atoms with Crippen molar-refractivity contribution in [1.29, 1.82) is 0 Å². The maximum Gasteiger partial charge on any atom is 0.260 e. The Bertz CT molecular complexity index is 642. The van der Waals surface area contributed by atoms with Crippen LogP contribution in [0.3, 0.4) is 0 Å². The molecule has 0 radical (unpaired) electrons. The highest BCUT2D eigenvalue weighted by atomic mass is 32.2. The van der Waals surface area contributed by atoms with Crippen LogP contribution < -0.4 is 0 Å². The molecule has 1 aromatic heterocycles. The van der Waals surface area contributed by atoms with Crippen LogP contribution >= 0.6 is 23.1 Å². The molecular formula is C12H10N4OS2. The van der Waals surface area contributed by atoms with Crippen LogP contribution in [0.1, 0.15) is 5.01 Å². The number of fused-ring (bicyclic) bond motifs is 1. The van der Waals surface area contributed by atoms with Gasteiger partial charge in [0.1, 0.15) is 16.8 Å². The molecule has 0 spiro atoms. The first kappa shape index (κ1) is 12.4. The molecule has 1 unspecified atom stereocenters. The number of hydrogen-bond acceptors (Lipinski definition) is 6. The standard InChI is InChI=1S/C12H10N4OS2/c1-7-15-16-12(19-7)18-6-10-13-9-5-3-2-4-8(9)11(17)14-10/h2-5,8H,6H2,1H3. The molecule has 19 heavy (non-hydrogen) atoms. The molecule has 0 saturated heterocycles. The Morgan fingerprint density at radius 3 is 3.00 bits per heavy atom. The van der Waals surface area contributed by atoms with Crippen molar-refractivity contribution in [3.63, 3.8) is 0 Å². The average Bonchev–Trinajstić information content (AvgIpc) is 2.82. The lowest BCUT2D eigenvalue weighted by molar-refractivity contribution is -0.118. The number of aryl methyl sites for hydroxylation is 1. The molecule has 0 aromatic carbocycles. The summed E-state index contributed by atoms with van der Waals surface area (Å²) in [4.78, 5) is 20.3. The fraction of sp³-hybridized carbons (Fsp3) is 0.250. The van der Waals surface area contributed by atoms with E-state index < -0.39 is 0 Å². The molecule has 5 nitrogen and oxygen atoms in total. The summed E-state index contributed by atoms with van der Waals surface area (Å²) in [6, 6.07) is 0. The van der Waals surface area contributed by atoms with Crippen molar-refractivity contribution in [1.82, 2.24) is 10.2 Å². The molecule has 2 heterocycles. The molecule has 1 amide bonds. The van der Waals surface area contributed by atoms with Crippen LogP contribution in [0.2, 0.25) is 0 Å². The van der Waals surface area contributed by atoms with Crippen molar-refractivity contribution < 1.29 is 4.79 Å². The number of amidine groups is 1. The number of carbonyl (C=O) groups is 1. The summed E-state index contributed by atoms with van der Waals surface area (Å²) in [6.07, 6.45) is 7.41. The molecule has 0 saturated carbocycles. The van der Waals surface area contributed by atoms with E-state index in [0.717, 1.165) is 15.1 Å². The molecule has 3 rings (SSSR count). The Kier molecular flexibility index (Phi) is 3.39. The third-order valence-electron chi connectivity index (χ3n) is 2.60. The van der Waals surface area contributed by atoms with E-state index in [-0.39, 0.29) is 11.8 Å². The van der Waals surface area contributed by atoms with Gasteiger partial charge in [0.25, 0.3) is 5.91 Å². The van der Waals surface area contributed by atoms with Gasteiger partial charge in [-0.05, 0) is 13.0 Å². The lowest BCUT2D eigenvalue weighted by atomic mass is 9.97. The molecule has 2 aliphatic rings. The largest absolute Gasteiger partial charge is 0.271 e. The zero-order valence-electron chi connectivity index (χ0n) is 10.1. The molecule has 0 bridgehead atoms.